The van der Waals surface area contributed by atoms with Crippen LogP contribution in [0.1, 0.15) is 34.3 Å². The molecule has 0 bridgehead atoms. The molecule has 2 rings (SSSR count). The number of carbonyl (C=O) groups excluding carboxylic acids is 1. The predicted octanol–water partition coefficient (Wildman–Crippen LogP) is 1.91. The zero-order valence-corrected chi connectivity index (χ0v) is 10.3. The maximum absolute atomic E-state index is 12.2. The molecule has 0 aliphatic carbocycles. The number of nitrogens with zero attached hydrogens (tertiary/aromatic N) is 1. The summed E-state index contributed by atoms with van der Waals surface area (Å²) in [4.78, 5) is 16.0. The molecule has 1 N–H and O–H groups in total. The Balaban J connectivity index is 2.12. The Morgan fingerprint density at radius 1 is 1.62 bits per heavy atom. The molecular weight excluding hydrogens is 222 g/mol. The Morgan fingerprint density at radius 3 is 3.06 bits per heavy atom. The van der Waals surface area contributed by atoms with Crippen molar-refractivity contribution in [1.29, 1.82) is 0 Å². The average Bonchev–Trinajstić information content (AvgIpc) is 2.96. The number of thiophene rings is 1. The number of carbonyl (C=O) groups is 1. The van der Waals surface area contributed by atoms with Gasteiger partial charge in [0.25, 0.3) is 5.91 Å². The number of hydrogen-bond donors (Lipinski definition) is 1. The van der Waals surface area contributed by atoms with Crippen molar-refractivity contribution in [3.05, 3.63) is 21.9 Å². The number of rotatable bonds is 3. The molecule has 0 radical (unpaired) electrons. The van der Waals surface area contributed by atoms with Gasteiger partial charge in [0.15, 0.2) is 0 Å². The minimum atomic E-state index is 0.0275. The summed E-state index contributed by atoms with van der Waals surface area (Å²) in [6.45, 7) is 2.95. The monoisotopic (exact) mass is 239 g/mol. The van der Waals surface area contributed by atoms with E-state index in [4.69, 9.17) is 0 Å². The van der Waals surface area contributed by atoms with Gasteiger partial charge in [0.2, 0.25) is 0 Å². The van der Waals surface area contributed by atoms with E-state index in [2.05, 4.69) is 6.92 Å². The van der Waals surface area contributed by atoms with Crippen LogP contribution < -0.4 is 0 Å². The van der Waals surface area contributed by atoms with E-state index >= 15 is 0 Å². The van der Waals surface area contributed by atoms with Crippen molar-refractivity contribution in [2.45, 2.75) is 32.2 Å². The van der Waals surface area contributed by atoms with Crippen LogP contribution in [0.4, 0.5) is 0 Å². The minimum absolute atomic E-state index is 0.0275. The van der Waals surface area contributed by atoms with Crippen molar-refractivity contribution in [2.24, 2.45) is 0 Å². The summed E-state index contributed by atoms with van der Waals surface area (Å²) in [6, 6.07) is 3.94. The van der Waals surface area contributed by atoms with Gasteiger partial charge in [-0.15, -0.1) is 11.3 Å². The molecule has 88 valence electrons. The quantitative estimate of drug-likeness (QED) is 0.875. The first-order valence-electron chi connectivity index (χ1n) is 5.76. The van der Waals surface area contributed by atoms with Gasteiger partial charge in [0.1, 0.15) is 0 Å². The van der Waals surface area contributed by atoms with E-state index in [0.29, 0.717) is 0 Å². The van der Waals surface area contributed by atoms with Crippen LogP contribution in [0.5, 0.6) is 0 Å². The fourth-order valence-electron chi connectivity index (χ4n) is 2.12. The summed E-state index contributed by atoms with van der Waals surface area (Å²) >= 11 is 1.57. The maximum Gasteiger partial charge on any atom is 0.264 e. The Hall–Kier alpha value is -0.870. The Labute approximate surface area is 99.7 Å². The summed E-state index contributed by atoms with van der Waals surface area (Å²) in [5.74, 6) is 0.0845. The summed E-state index contributed by atoms with van der Waals surface area (Å²) < 4.78 is 0. The van der Waals surface area contributed by atoms with Crippen molar-refractivity contribution in [3.8, 4) is 0 Å². The lowest BCUT2D eigenvalue weighted by Crippen LogP contribution is -2.37. The molecule has 0 spiro atoms. The lowest BCUT2D eigenvalue weighted by atomic mass is 10.2. The molecule has 16 heavy (non-hydrogen) atoms. The number of likely N-dealkylation sites (tertiary alicyclic amines) is 1. The van der Waals surface area contributed by atoms with Crippen LogP contribution in [0.3, 0.4) is 0 Å². The first-order chi connectivity index (χ1) is 7.76. The van der Waals surface area contributed by atoms with E-state index in [-0.39, 0.29) is 18.6 Å². The van der Waals surface area contributed by atoms with Crippen molar-refractivity contribution < 1.29 is 9.90 Å². The second-order valence-electron chi connectivity index (χ2n) is 4.10. The maximum atomic E-state index is 12.2. The molecule has 4 heteroatoms. The molecule has 1 aromatic rings. The third-order valence-corrected chi connectivity index (χ3v) is 4.29. The second-order valence-corrected chi connectivity index (χ2v) is 5.27. The van der Waals surface area contributed by atoms with E-state index in [9.17, 15) is 9.90 Å². The average molecular weight is 239 g/mol. The molecule has 3 nitrogen and oxygen atoms in total. The van der Waals surface area contributed by atoms with Gasteiger partial charge in [-0.3, -0.25) is 4.79 Å². The lowest BCUT2D eigenvalue weighted by Gasteiger charge is -2.22. The summed E-state index contributed by atoms with van der Waals surface area (Å²) in [5, 5.41) is 9.19. The summed E-state index contributed by atoms with van der Waals surface area (Å²) in [5.41, 5.74) is 0. The topological polar surface area (TPSA) is 40.5 Å². The Kier molecular flexibility index (Phi) is 3.61. The molecule has 1 atom stereocenters. The zero-order valence-electron chi connectivity index (χ0n) is 9.48. The zero-order chi connectivity index (χ0) is 11.5. The number of amides is 1. The highest BCUT2D eigenvalue weighted by Gasteiger charge is 2.29. The molecule has 1 fully saturated rings. The molecule has 0 saturated carbocycles. The van der Waals surface area contributed by atoms with E-state index in [1.807, 2.05) is 17.0 Å². The van der Waals surface area contributed by atoms with Crippen LogP contribution in [0.2, 0.25) is 0 Å². The minimum Gasteiger partial charge on any atom is -0.394 e. The smallest absolute Gasteiger partial charge is 0.264 e. The molecule has 2 heterocycles. The molecule has 0 unspecified atom stereocenters. The number of aryl methyl sites for hydroxylation is 1. The van der Waals surface area contributed by atoms with Crippen molar-refractivity contribution in [1.82, 2.24) is 4.90 Å². The standard InChI is InChI=1S/C12H17NO2S/c1-2-10-5-6-11(16-10)12(15)13-7-3-4-9(13)8-14/h5-6,9,14H,2-4,7-8H2,1H3/t9-/m0/s1. The first-order valence-corrected chi connectivity index (χ1v) is 6.58. The fourth-order valence-corrected chi connectivity index (χ4v) is 3.02. The van der Waals surface area contributed by atoms with Crippen LogP contribution in [0, 0.1) is 0 Å². The van der Waals surface area contributed by atoms with Crippen LogP contribution >= 0.6 is 11.3 Å². The number of hydrogen-bond acceptors (Lipinski definition) is 3. The summed E-state index contributed by atoms with van der Waals surface area (Å²) in [7, 11) is 0. The van der Waals surface area contributed by atoms with Gasteiger partial charge in [-0.05, 0) is 31.4 Å². The van der Waals surface area contributed by atoms with Gasteiger partial charge >= 0.3 is 0 Å². The molecule has 1 aliphatic heterocycles. The van der Waals surface area contributed by atoms with Gasteiger partial charge in [-0.2, -0.15) is 0 Å². The largest absolute Gasteiger partial charge is 0.394 e. The molecule has 1 saturated heterocycles. The van der Waals surface area contributed by atoms with Gasteiger partial charge in [0.05, 0.1) is 17.5 Å². The molecular formula is C12H17NO2S. The van der Waals surface area contributed by atoms with E-state index in [1.165, 1.54) is 4.88 Å². The van der Waals surface area contributed by atoms with E-state index in [0.717, 1.165) is 30.7 Å². The van der Waals surface area contributed by atoms with Crippen LogP contribution in [0.25, 0.3) is 0 Å². The van der Waals surface area contributed by atoms with Crippen molar-refractivity contribution in [3.63, 3.8) is 0 Å². The number of aliphatic hydroxyl groups is 1. The first kappa shape index (κ1) is 11.6. The van der Waals surface area contributed by atoms with Crippen LogP contribution in [0.15, 0.2) is 12.1 Å². The van der Waals surface area contributed by atoms with Crippen LogP contribution in [-0.2, 0) is 6.42 Å². The second kappa shape index (κ2) is 4.97. The summed E-state index contributed by atoms with van der Waals surface area (Å²) in [6.07, 6.45) is 2.90. The van der Waals surface area contributed by atoms with Gasteiger partial charge in [-0.1, -0.05) is 6.92 Å². The Morgan fingerprint density at radius 2 is 2.44 bits per heavy atom. The molecule has 1 aromatic heterocycles. The van der Waals surface area contributed by atoms with Gasteiger partial charge < -0.3 is 10.0 Å². The van der Waals surface area contributed by atoms with Crippen molar-refractivity contribution in [2.75, 3.05) is 13.2 Å². The SMILES string of the molecule is CCc1ccc(C(=O)N2CCC[C@H]2CO)s1. The van der Waals surface area contributed by atoms with E-state index < -0.39 is 0 Å². The highest BCUT2D eigenvalue weighted by Crippen LogP contribution is 2.24. The molecule has 1 amide bonds. The third-order valence-electron chi connectivity index (χ3n) is 3.07. The number of aliphatic hydroxyl groups excluding tert-OH is 1. The predicted molar refractivity (Wildman–Crippen MR) is 64.8 cm³/mol. The highest BCUT2D eigenvalue weighted by molar-refractivity contribution is 7.14. The highest BCUT2D eigenvalue weighted by atomic mass is 32.1. The Bertz CT molecular complexity index is 375. The lowest BCUT2D eigenvalue weighted by molar-refractivity contribution is 0.0682. The third kappa shape index (κ3) is 2.13. The van der Waals surface area contributed by atoms with E-state index in [1.54, 1.807) is 11.3 Å². The molecule has 1 aliphatic rings. The van der Waals surface area contributed by atoms with Gasteiger partial charge in [-0.25, -0.2) is 0 Å². The normalized spacial score (nSPS) is 20.4. The fraction of sp³-hybridized carbons (Fsp3) is 0.583. The van der Waals surface area contributed by atoms with Crippen molar-refractivity contribution >= 4 is 17.2 Å². The molecule has 0 aromatic carbocycles. The van der Waals surface area contributed by atoms with Crippen LogP contribution in [-0.4, -0.2) is 35.1 Å². The van der Waals surface area contributed by atoms with Gasteiger partial charge in [0, 0.05) is 11.4 Å².